The molecule has 3 nitrogen and oxygen atoms in total. The molecule has 0 unspecified atom stereocenters. The lowest BCUT2D eigenvalue weighted by atomic mass is 10.2. The van der Waals surface area contributed by atoms with Crippen LogP contribution in [0.1, 0.15) is 5.56 Å². The highest BCUT2D eigenvalue weighted by molar-refractivity contribution is 14.1. The van der Waals surface area contributed by atoms with Crippen molar-refractivity contribution in [2.24, 2.45) is 0 Å². The first-order valence-corrected chi connectivity index (χ1v) is 6.83. The predicted octanol–water partition coefficient (Wildman–Crippen LogP) is 3.96. The maximum atomic E-state index is 5.90. The van der Waals surface area contributed by atoms with E-state index in [1.807, 2.05) is 36.4 Å². The van der Waals surface area contributed by atoms with Crippen molar-refractivity contribution in [3.8, 4) is 5.75 Å². The van der Waals surface area contributed by atoms with Gasteiger partial charge in [0.1, 0.15) is 16.7 Å². The highest BCUT2D eigenvalue weighted by atomic mass is 127. The summed E-state index contributed by atoms with van der Waals surface area (Å²) in [6, 6.07) is 11.7. The monoisotopic (exact) mass is 374 g/mol. The number of nitrogens with zero attached hydrogens (tertiary/aromatic N) is 1. The molecule has 18 heavy (non-hydrogen) atoms. The molecule has 0 bridgehead atoms. The standard InChI is InChI=1S/C13H12ClIN2O/c1-18-11-4-2-9(3-5-11)8-16-13-7-10(15)6-12(14)17-13/h2-7H,8H2,1H3,(H,16,17). The second-order valence-corrected chi connectivity index (χ2v) is 5.33. The van der Waals surface area contributed by atoms with Gasteiger partial charge in [-0.15, -0.1) is 0 Å². The minimum atomic E-state index is 0.499. The molecule has 0 saturated heterocycles. The zero-order valence-electron chi connectivity index (χ0n) is 9.78. The highest BCUT2D eigenvalue weighted by Gasteiger charge is 2.00. The quantitative estimate of drug-likeness (QED) is 0.650. The molecular formula is C13H12ClIN2O. The third-order valence-corrected chi connectivity index (χ3v) is 3.21. The molecule has 0 fully saturated rings. The first-order chi connectivity index (χ1) is 8.67. The van der Waals surface area contributed by atoms with Crippen LogP contribution in [0.15, 0.2) is 36.4 Å². The molecule has 1 heterocycles. The van der Waals surface area contributed by atoms with Crippen molar-refractivity contribution in [1.29, 1.82) is 0 Å². The Kier molecular flexibility index (Phi) is 4.66. The lowest BCUT2D eigenvalue weighted by molar-refractivity contribution is 0.414. The van der Waals surface area contributed by atoms with E-state index in [1.165, 1.54) is 0 Å². The Labute approximate surface area is 125 Å². The maximum absolute atomic E-state index is 5.90. The van der Waals surface area contributed by atoms with Gasteiger partial charge in [0.15, 0.2) is 0 Å². The van der Waals surface area contributed by atoms with Gasteiger partial charge in [0.25, 0.3) is 0 Å². The fraction of sp³-hybridized carbons (Fsp3) is 0.154. The summed E-state index contributed by atoms with van der Waals surface area (Å²) < 4.78 is 6.17. The molecule has 0 aliphatic carbocycles. The van der Waals surface area contributed by atoms with Gasteiger partial charge in [-0.05, 0) is 52.4 Å². The summed E-state index contributed by atoms with van der Waals surface area (Å²) >= 11 is 8.11. The van der Waals surface area contributed by atoms with Crippen molar-refractivity contribution in [2.45, 2.75) is 6.54 Å². The predicted molar refractivity (Wildman–Crippen MR) is 82.3 cm³/mol. The Bertz CT molecular complexity index is 511. The third kappa shape index (κ3) is 3.74. The van der Waals surface area contributed by atoms with Gasteiger partial charge in [-0.25, -0.2) is 4.98 Å². The van der Waals surface area contributed by atoms with Crippen LogP contribution in [0.5, 0.6) is 5.75 Å². The maximum Gasteiger partial charge on any atom is 0.132 e. The molecule has 1 aromatic carbocycles. The van der Waals surface area contributed by atoms with Crippen LogP contribution in [0.4, 0.5) is 5.82 Å². The van der Waals surface area contributed by atoms with Crippen molar-refractivity contribution in [1.82, 2.24) is 4.98 Å². The smallest absolute Gasteiger partial charge is 0.132 e. The van der Waals surface area contributed by atoms with E-state index in [1.54, 1.807) is 7.11 Å². The van der Waals surface area contributed by atoms with Crippen molar-refractivity contribution in [3.05, 3.63) is 50.7 Å². The molecule has 0 saturated carbocycles. The number of anilines is 1. The van der Waals surface area contributed by atoms with E-state index >= 15 is 0 Å². The SMILES string of the molecule is COc1ccc(CNc2cc(I)cc(Cl)n2)cc1. The Morgan fingerprint density at radius 1 is 1.28 bits per heavy atom. The molecule has 0 aliphatic heterocycles. The summed E-state index contributed by atoms with van der Waals surface area (Å²) in [7, 11) is 1.66. The molecule has 94 valence electrons. The summed E-state index contributed by atoms with van der Waals surface area (Å²) in [4.78, 5) is 4.21. The molecule has 1 aromatic heterocycles. The zero-order chi connectivity index (χ0) is 13.0. The van der Waals surface area contributed by atoms with E-state index < -0.39 is 0 Å². The van der Waals surface area contributed by atoms with Crippen molar-refractivity contribution >= 4 is 40.0 Å². The zero-order valence-corrected chi connectivity index (χ0v) is 12.7. The van der Waals surface area contributed by atoms with Crippen LogP contribution in [0.2, 0.25) is 5.15 Å². The van der Waals surface area contributed by atoms with Gasteiger partial charge < -0.3 is 10.1 Å². The lowest BCUT2D eigenvalue weighted by Gasteiger charge is -2.07. The van der Waals surface area contributed by atoms with Gasteiger partial charge in [0, 0.05) is 10.1 Å². The van der Waals surface area contributed by atoms with Crippen molar-refractivity contribution < 1.29 is 4.74 Å². The second kappa shape index (κ2) is 6.24. The molecule has 0 amide bonds. The van der Waals surface area contributed by atoms with Crippen molar-refractivity contribution in [3.63, 3.8) is 0 Å². The largest absolute Gasteiger partial charge is 0.497 e. The fourth-order valence-electron chi connectivity index (χ4n) is 1.49. The average Bonchev–Trinajstić information content (AvgIpc) is 2.36. The summed E-state index contributed by atoms with van der Waals surface area (Å²) in [5.41, 5.74) is 1.16. The second-order valence-electron chi connectivity index (χ2n) is 3.69. The first-order valence-electron chi connectivity index (χ1n) is 5.37. The van der Waals surface area contributed by atoms with Crippen LogP contribution in [-0.4, -0.2) is 12.1 Å². The number of methoxy groups -OCH3 is 1. The van der Waals surface area contributed by atoms with Crippen LogP contribution >= 0.6 is 34.2 Å². The number of hydrogen-bond donors (Lipinski definition) is 1. The van der Waals surface area contributed by atoms with Crippen LogP contribution in [0, 0.1) is 3.57 Å². The number of pyridine rings is 1. The van der Waals surface area contributed by atoms with E-state index in [0.29, 0.717) is 11.7 Å². The van der Waals surface area contributed by atoms with Gasteiger partial charge in [-0.2, -0.15) is 0 Å². The minimum Gasteiger partial charge on any atom is -0.497 e. The van der Waals surface area contributed by atoms with E-state index in [-0.39, 0.29) is 0 Å². The minimum absolute atomic E-state index is 0.499. The van der Waals surface area contributed by atoms with Crippen LogP contribution in [0.25, 0.3) is 0 Å². The number of halogens is 2. The fourth-order valence-corrected chi connectivity index (χ4v) is 2.47. The normalized spacial score (nSPS) is 10.2. The topological polar surface area (TPSA) is 34.1 Å². The molecule has 0 spiro atoms. The number of nitrogens with one attached hydrogen (secondary N) is 1. The molecule has 0 radical (unpaired) electrons. The van der Waals surface area contributed by atoms with Crippen LogP contribution in [0.3, 0.4) is 0 Å². The Balaban J connectivity index is 2.01. The molecule has 0 aliphatic rings. The number of ether oxygens (including phenoxy) is 1. The Morgan fingerprint density at radius 2 is 2.00 bits per heavy atom. The summed E-state index contributed by atoms with van der Waals surface area (Å²) in [6.07, 6.45) is 0. The van der Waals surface area contributed by atoms with E-state index in [2.05, 4.69) is 32.9 Å². The molecule has 5 heteroatoms. The van der Waals surface area contributed by atoms with Gasteiger partial charge in [-0.1, -0.05) is 23.7 Å². The molecule has 1 N–H and O–H groups in total. The molecule has 2 rings (SSSR count). The summed E-state index contributed by atoms with van der Waals surface area (Å²) in [5, 5.41) is 3.74. The van der Waals surface area contributed by atoms with E-state index in [4.69, 9.17) is 16.3 Å². The number of aromatic nitrogens is 1. The molecule has 2 aromatic rings. The van der Waals surface area contributed by atoms with E-state index in [9.17, 15) is 0 Å². The third-order valence-electron chi connectivity index (χ3n) is 2.39. The number of hydrogen-bond acceptors (Lipinski definition) is 3. The Hall–Kier alpha value is -1.01. The van der Waals surface area contributed by atoms with Gasteiger partial charge in [-0.3, -0.25) is 0 Å². The average molecular weight is 375 g/mol. The summed E-state index contributed by atoms with van der Waals surface area (Å²) in [5.74, 6) is 1.64. The number of rotatable bonds is 4. The summed E-state index contributed by atoms with van der Waals surface area (Å²) in [6.45, 7) is 0.702. The lowest BCUT2D eigenvalue weighted by Crippen LogP contribution is -2.01. The van der Waals surface area contributed by atoms with E-state index in [0.717, 1.165) is 20.7 Å². The van der Waals surface area contributed by atoms with Crippen LogP contribution in [-0.2, 0) is 6.54 Å². The van der Waals surface area contributed by atoms with Crippen LogP contribution < -0.4 is 10.1 Å². The Morgan fingerprint density at radius 3 is 2.61 bits per heavy atom. The van der Waals surface area contributed by atoms with Crippen molar-refractivity contribution in [2.75, 3.05) is 12.4 Å². The molecular weight excluding hydrogens is 363 g/mol. The number of benzene rings is 1. The van der Waals surface area contributed by atoms with Gasteiger partial charge in [0.2, 0.25) is 0 Å². The molecule has 0 atom stereocenters. The van der Waals surface area contributed by atoms with Gasteiger partial charge >= 0.3 is 0 Å². The first kappa shape index (κ1) is 13.4. The highest BCUT2D eigenvalue weighted by Crippen LogP contribution is 2.17. The van der Waals surface area contributed by atoms with Gasteiger partial charge in [0.05, 0.1) is 7.11 Å².